The molecule has 128 valence electrons. The second kappa shape index (κ2) is 10.0. The predicted octanol–water partition coefficient (Wildman–Crippen LogP) is 3.86. The molecule has 0 saturated carbocycles. The van der Waals surface area contributed by atoms with Crippen molar-refractivity contribution in [2.75, 3.05) is 0 Å². The molecule has 0 aliphatic carbocycles. The van der Waals surface area contributed by atoms with Crippen LogP contribution in [0.3, 0.4) is 0 Å². The van der Waals surface area contributed by atoms with Crippen molar-refractivity contribution in [1.82, 2.24) is 0 Å². The van der Waals surface area contributed by atoms with Gasteiger partial charge in [-0.1, -0.05) is 51.7 Å². The molecule has 0 aliphatic rings. The number of aromatic carboxylic acids is 1. The van der Waals surface area contributed by atoms with E-state index in [0.717, 1.165) is 19.3 Å². The molecule has 0 heterocycles. The first-order valence-electron chi connectivity index (χ1n) is 8.13. The molecule has 5 heteroatoms. The summed E-state index contributed by atoms with van der Waals surface area (Å²) < 4.78 is 4.93. The second-order valence-electron chi connectivity index (χ2n) is 6.10. The summed E-state index contributed by atoms with van der Waals surface area (Å²) in [4.78, 5) is 23.0. The van der Waals surface area contributed by atoms with E-state index in [2.05, 4.69) is 13.8 Å². The molecule has 0 aliphatic heterocycles. The number of rotatable bonds is 10. The van der Waals surface area contributed by atoms with E-state index in [9.17, 15) is 14.7 Å². The Labute approximate surface area is 137 Å². The van der Waals surface area contributed by atoms with E-state index < -0.39 is 18.2 Å². The Morgan fingerprint density at radius 2 is 1.57 bits per heavy atom. The summed E-state index contributed by atoms with van der Waals surface area (Å²) in [6, 6.07) is 5.81. The number of aliphatic hydroxyl groups is 1. The first-order valence-corrected chi connectivity index (χ1v) is 8.13. The molecule has 1 unspecified atom stereocenters. The third-order valence-electron chi connectivity index (χ3n) is 3.60. The van der Waals surface area contributed by atoms with E-state index >= 15 is 0 Å². The number of aliphatic hydroxyl groups excluding tert-OH is 1. The lowest BCUT2D eigenvalue weighted by Gasteiger charge is -2.13. The van der Waals surface area contributed by atoms with Crippen LogP contribution in [0, 0.1) is 5.92 Å². The summed E-state index contributed by atoms with van der Waals surface area (Å²) >= 11 is 0. The van der Waals surface area contributed by atoms with Crippen LogP contribution in [0.15, 0.2) is 24.3 Å². The van der Waals surface area contributed by atoms with Gasteiger partial charge in [0.25, 0.3) is 0 Å². The zero-order valence-corrected chi connectivity index (χ0v) is 13.8. The molecule has 0 aromatic heterocycles. The number of carbonyl (C=O) groups excluding carboxylic acids is 1. The van der Waals surface area contributed by atoms with Gasteiger partial charge in [0, 0.05) is 6.42 Å². The summed E-state index contributed by atoms with van der Waals surface area (Å²) in [7, 11) is 0. The van der Waals surface area contributed by atoms with Crippen molar-refractivity contribution >= 4 is 11.9 Å². The fourth-order valence-corrected chi connectivity index (χ4v) is 2.32. The molecule has 5 nitrogen and oxygen atoms in total. The molecule has 0 saturated heterocycles. The van der Waals surface area contributed by atoms with E-state index in [1.165, 1.54) is 31.0 Å². The molecule has 1 atom stereocenters. The molecule has 1 aromatic rings. The van der Waals surface area contributed by atoms with Crippen LogP contribution >= 0.6 is 0 Å². The molecule has 0 fully saturated rings. The van der Waals surface area contributed by atoms with Crippen LogP contribution in [0.4, 0.5) is 0 Å². The maximum absolute atomic E-state index is 11.9. The zero-order valence-electron chi connectivity index (χ0n) is 13.8. The largest absolute Gasteiger partial charge is 0.478 e. The van der Waals surface area contributed by atoms with E-state index in [0.29, 0.717) is 12.3 Å². The number of carboxylic acid groups (broad SMARTS) is 1. The van der Waals surface area contributed by atoms with Gasteiger partial charge in [0.1, 0.15) is 0 Å². The third-order valence-corrected chi connectivity index (χ3v) is 3.60. The van der Waals surface area contributed by atoms with E-state index in [1.807, 2.05) is 0 Å². The van der Waals surface area contributed by atoms with Gasteiger partial charge in [-0.2, -0.15) is 0 Å². The van der Waals surface area contributed by atoms with Crippen LogP contribution in [-0.2, 0) is 4.74 Å². The minimum absolute atomic E-state index is 0.0454. The molecule has 1 aromatic carbocycles. The van der Waals surface area contributed by atoms with Gasteiger partial charge in [-0.05, 0) is 24.5 Å². The monoisotopic (exact) mass is 322 g/mol. The van der Waals surface area contributed by atoms with Crippen molar-refractivity contribution in [2.24, 2.45) is 5.92 Å². The quantitative estimate of drug-likeness (QED) is 0.388. The highest BCUT2D eigenvalue weighted by molar-refractivity contribution is 6.02. The van der Waals surface area contributed by atoms with Gasteiger partial charge < -0.3 is 14.9 Å². The molecule has 23 heavy (non-hydrogen) atoms. The number of carbonyl (C=O) groups is 2. The number of ether oxygens (including phenoxy) is 1. The molecular formula is C18H26O5. The third kappa shape index (κ3) is 7.28. The number of hydrogen-bond acceptors (Lipinski definition) is 4. The Morgan fingerprint density at radius 3 is 2.13 bits per heavy atom. The highest BCUT2D eigenvalue weighted by atomic mass is 16.6. The van der Waals surface area contributed by atoms with Crippen LogP contribution in [0.25, 0.3) is 0 Å². The van der Waals surface area contributed by atoms with Gasteiger partial charge in [0.15, 0.2) is 0 Å². The minimum Gasteiger partial charge on any atom is -0.478 e. The molecule has 0 amide bonds. The Bertz CT molecular complexity index is 510. The van der Waals surface area contributed by atoms with Crippen molar-refractivity contribution in [2.45, 2.75) is 58.7 Å². The lowest BCUT2D eigenvalue weighted by molar-refractivity contribution is -0.0695. The average molecular weight is 322 g/mol. The maximum Gasteiger partial charge on any atom is 0.341 e. The molecule has 0 bridgehead atoms. The molecular weight excluding hydrogens is 296 g/mol. The van der Waals surface area contributed by atoms with Crippen molar-refractivity contribution < 1.29 is 24.5 Å². The lowest BCUT2D eigenvalue weighted by Crippen LogP contribution is -2.19. The van der Waals surface area contributed by atoms with Crippen molar-refractivity contribution in [1.29, 1.82) is 0 Å². The Hall–Kier alpha value is -1.88. The molecule has 1 rings (SSSR count). The van der Waals surface area contributed by atoms with Gasteiger partial charge in [-0.15, -0.1) is 0 Å². The molecule has 2 N–H and O–H groups in total. The highest BCUT2D eigenvalue weighted by Crippen LogP contribution is 2.14. The topological polar surface area (TPSA) is 83.8 Å². The zero-order chi connectivity index (χ0) is 17.2. The first kappa shape index (κ1) is 19.2. The van der Waals surface area contributed by atoms with Gasteiger partial charge in [-0.3, -0.25) is 0 Å². The second-order valence-corrected chi connectivity index (χ2v) is 6.10. The van der Waals surface area contributed by atoms with Gasteiger partial charge >= 0.3 is 11.9 Å². The number of unbranched alkanes of at least 4 members (excludes halogenated alkanes) is 3. The van der Waals surface area contributed by atoms with Crippen LogP contribution in [0.5, 0.6) is 0 Å². The predicted molar refractivity (Wildman–Crippen MR) is 87.4 cm³/mol. The van der Waals surface area contributed by atoms with Crippen LogP contribution in [-0.4, -0.2) is 28.4 Å². The number of benzene rings is 1. The first-order chi connectivity index (χ1) is 10.9. The van der Waals surface area contributed by atoms with Gasteiger partial charge in [-0.25, -0.2) is 9.59 Å². The van der Waals surface area contributed by atoms with E-state index in [1.54, 1.807) is 6.07 Å². The van der Waals surface area contributed by atoms with Crippen molar-refractivity contribution in [3.05, 3.63) is 35.4 Å². The SMILES string of the molecule is CC(C)CCCCCCC(O)OC(=O)c1ccccc1C(=O)O. The minimum atomic E-state index is -1.20. The Balaban J connectivity index is 2.36. The van der Waals surface area contributed by atoms with Crippen LogP contribution < -0.4 is 0 Å². The number of carboxylic acids is 1. The summed E-state index contributed by atoms with van der Waals surface area (Å²) in [6.07, 6.45) is 4.38. The average Bonchev–Trinajstić information content (AvgIpc) is 2.50. The summed E-state index contributed by atoms with van der Waals surface area (Å²) in [6.45, 7) is 4.39. The van der Waals surface area contributed by atoms with Crippen molar-refractivity contribution in [3.63, 3.8) is 0 Å². The summed E-state index contributed by atoms with van der Waals surface area (Å²) in [5.74, 6) is -1.30. The van der Waals surface area contributed by atoms with Gasteiger partial charge in [0.2, 0.25) is 6.29 Å². The maximum atomic E-state index is 11.9. The number of esters is 1. The van der Waals surface area contributed by atoms with Gasteiger partial charge in [0.05, 0.1) is 11.1 Å². The summed E-state index contributed by atoms with van der Waals surface area (Å²) in [5.41, 5.74) is -0.172. The van der Waals surface area contributed by atoms with E-state index in [4.69, 9.17) is 9.84 Å². The van der Waals surface area contributed by atoms with Crippen LogP contribution in [0.1, 0.15) is 73.1 Å². The normalized spacial score (nSPS) is 12.2. The fourth-order valence-electron chi connectivity index (χ4n) is 2.32. The Morgan fingerprint density at radius 1 is 1.00 bits per heavy atom. The molecule has 0 spiro atoms. The smallest absolute Gasteiger partial charge is 0.341 e. The summed E-state index contributed by atoms with van der Waals surface area (Å²) in [5, 5.41) is 18.8. The number of hydrogen-bond donors (Lipinski definition) is 2. The molecule has 0 radical (unpaired) electrons. The van der Waals surface area contributed by atoms with E-state index in [-0.39, 0.29) is 11.1 Å². The van der Waals surface area contributed by atoms with Crippen molar-refractivity contribution in [3.8, 4) is 0 Å². The lowest BCUT2D eigenvalue weighted by atomic mass is 10.0. The van der Waals surface area contributed by atoms with Crippen LogP contribution in [0.2, 0.25) is 0 Å². The fraction of sp³-hybridized carbons (Fsp3) is 0.556. The Kier molecular flexibility index (Phi) is 8.33. The highest BCUT2D eigenvalue weighted by Gasteiger charge is 2.19. The standard InChI is InChI=1S/C18H26O5/c1-13(2)9-5-3-4-6-12-16(19)23-18(22)15-11-8-7-10-14(15)17(20)21/h7-8,10-11,13,16,19H,3-6,9,12H2,1-2H3,(H,20,21).